The van der Waals surface area contributed by atoms with Crippen molar-refractivity contribution in [3.05, 3.63) is 35.6 Å². The first-order valence-corrected chi connectivity index (χ1v) is 7.22. The van der Waals surface area contributed by atoms with Crippen LogP contribution in [0.3, 0.4) is 0 Å². The molecule has 2 rings (SSSR count). The Labute approximate surface area is 119 Å². The zero-order valence-electron chi connectivity index (χ0n) is 12.1. The third kappa shape index (κ3) is 2.85. The molecule has 0 aromatic heterocycles. The topological polar surface area (TPSA) is 49.3 Å². The number of halogens is 1. The van der Waals surface area contributed by atoms with E-state index in [1.165, 1.54) is 12.1 Å². The molecule has 1 aliphatic carbocycles. The zero-order valence-corrected chi connectivity index (χ0v) is 12.1. The van der Waals surface area contributed by atoms with Crippen LogP contribution in [0, 0.1) is 5.82 Å². The lowest BCUT2D eigenvalue weighted by atomic mass is 9.93. The first kappa shape index (κ1) is 15.0. The number of hydrogen-bond acceptors (Lipinski definition) is 2. The Balaban J connectivity index is 2.06. The minimum atomic E-state index is -0.853. The van der Waals surface area contributed by atoms with E-state index < -0.39 is 11.0 Å². The summed E-state index contributed by atoms with van der Waals surface area (Å²) in [5.41, 5.74) is -0.718. The number of carbonyl (C=O) groups is 1. The van der Waals surface area contributed by atoms with Crippen molar-refractivity contribution in [2.45, 2.75) is 50.5 Å². The van der Waals surface area contributed by atoms with E-state index in [2.05, 4.69) is 5.32 Å². The lowest BCUT2D eigenvalue weighted by molar-refractivity contribution is -0.125. The van der Waals surface area contributed by atoms with Gasteiger partial charge < -0.3 is 10.4 Å². The Morgan fingerprint density at radius 1 is 1.40 bits per heavy atom. The van der Waals surface area contributed by atoms with E-state index in [9.17, 15) is 14.3 Å². The number of carbonyl (C=O) groups excluding carboxylic acids is 1. The summed E-state index contributed by atoms with van der Waals surface area (Å²) in [5.74, 6) is -0.427. The number of amides is 1. The van der Waals surface area contributed by atoms with Crippen LogP contribution in [0.15, 0.2) is 24.3 Å². The van der Waals surface area contributed by atoms with Gasteiger partial charge in [-0.05, 0) is 43.4 Å². The van der Waals surface area contributed by atoms with Gasteiger partial charge in [0.15, 0.2) is 0 Å². The second kappa shape index (κ2) is 5.52. The van der Waals surface area contributed by atoms with E-state index in [1.54, 1.807) is 12.1 Å². The smallest absolute Gasteiger partial charge is 0.230 e. The second-order valence-corrected chi connectivity index (χ2v) is 5.71. The normalized spacial score (nSPS) is 16.8. The Morgan fingerprint density at radius 2 is 2.05 bits per heavy atom. The molecule has 0 heterocycles. The lowest BCUT2D eigenvalue weighted by Gasteiger charge is -2.27. The number of nitrogens with one attached hydrogen (secondary N) is 1. The van der Waals surface area contributed by atoms with Crippen LogP contribution in [-0.4, -0.2) is 23.2 Å². The molecule has 0 atom stereocenters. The molecule has 0 unspecified atom stereocenters. The lowest BCUT2D eigenvalue weighted by Crippen LogP contribution is -2.45. The average Bonchev–Trinajstić information content (AvgIpc) is 3.26. The summed E-state index contributed by atoms with van der Waals surface area (Å²) in [4.78, 5) is 12.4. The van der Waals surface area contributed by atoms with Crippen LogP contribution in [0.25, 0.3) is 0 Å². The van der Waals surface area contributed by atoms with Crippen molar-refractivity contribution < 1.29 is 14.3 Å². The fourth-order valence-corrected chi connectivity index (χ4v) is 2.47. The predicted octanol–water partition coefficient (Wildman–Crippen LogP) is 2.52. The van der Waals surface area contributed by atoms with E-state index in [1.807, 2.05) is 13.8 Å². The Bertz CT molecular complexity index is 493. The Morgan fingerprint density at radius 3 is 2.55 bits per heavy atom. The van der Waals surface area contributed by atoms with Gasteiger partial charge >= 0.3 is 0 Å². The molecule has 1 saturated carbocycles. The van der Waals surface area contributed by atoms with Crippen molar-refractivity contribution in [2.75, 3.05) is 6.54 Å². The van der Waals surface area contributed by atoms with Crippen LogP contribution in [-0.2, 0) is 10.2 Å². The fraction of sp³-hybridized carbons (Fsp3) is 0.562. The third-order valence-corrected chi connectivity index (χ3v) is 4.46. The van der Waals surface area contributed by atoms with Gasteiger partial charge in [-0.15, -0.1) is 0 Å². The summed E-state index contributed by atoms with van der Waals surface area (Å²) in [6.45, 7) is 4.04. The molecule has 110 valence electrons. The molecule has 1 fully saturated rings. The van der Waals surface area contributed by atoms with Gasteiger partial charge in [0.1, 0.15) is 5.82 Å². The zero-order chi connectivity index (χ0) is 14.8. The molecule has 4 heteroatoms. The van der Waals surface area contributed by atoms with Gasteiger partial charge in [-0.1, -0.05) is 26.0 Å². The quantitative estimate of drug-likeness (QED) is 0.840. The summed E-state index contributed by atoms with van der Waals surface area (Å²) in [7, 11) is 0. The molecule has 1 aromatic carbocycles. The molecule has 0 radical (unpaired) electrons. The van der Waals surface area contributed by atoms with Gasteiger partial charge in [-0.3, -0.25) is 4.79 Å². The van der Waals surface area contributed by atoms with Crippen LogP contribution >= 0.6 is 0 Å². The number of aliphatic hydroxyl groups is 1. The molecule has 3 nitrogen and oxygen atoms in total. The average molecular weight is 279 g/mol. The van der Waals surface area contributed by atoms with Gasteiger partial charge in [0, 0.05) is 6.54 Å². The van der Waals surface area contributed by atoms with E-state index in [0.29, 0.717) is 12.8 Å². The maximum atomic E-state index is 13.3. The Hall–Kier alpha value is -1.42. The predicted molar refractivity (Wildman–Crippen MR) is 75.9 cm³/mol. The van der Waals surface area contributed by atoms with Crippen molar-refractivity contribution >= 4 is 5.91 Å². The highest BCUT2D eigenvalue weighted by Crippen LogP contribution is 2.48. The first-order valence-electron chi connectivity index (χ1n) is 7.22. The number of benzene rings is 1. The maximum Gasteiger partial charge on any atom is 0.230 e. The van der Waals surface area contributed by atoms with Gasteiger partial charge in [-0.2, -0.15) is 0 Å². The second-order valence-electron chi connectivity index (χ2n) is 5.71. The molecule has 20 heavy (non-hydrogen) atoms. The molecular formula is C16H22FNO2. The molecule has 0 saturated heterocycles. The standard InChI is InChI=1S/C16H22FNO2/c1-3-15(20,4-2)11-18-14(19)16(8-9-16)12-6-5-7-13(17)10-12/h5-7,10,20H,3-4,8-9,11H2,1-2H3,(H,18,19). The summed E-state index contributed by atoms with van der Waals surface area (Å²) < 4.78 is 13.3. The van der Waals surface area contributed by atoms with Crippen LogP contribution in [0.5, 0.6) is 0 Å². The largest absolute Gasteiger partial charge is 0.388 e. The Kier molecular flexibility index (Phi) is 4.14. The van der Waals surface area contributed by atoms with E-state index in [4.69, 9.17) is 0 Å². The van der Waals surface area contributed by atoms with Crippen LogP contribution in [0.2, 0.25) is 0 Å². The summed E-state index contributed by atoms with van der Waals surface area (Å²) >= 11 is 0. The molecule has 0 spiro atoms. The van der Waals surface area contributed by atoms with Crippen molar-refractivity contribution in [1.82, 2.24) is 5.32 Å². The number of hydrogen-bond donors (Lipinski definition) is 2. The molecule has 1 aliphatic rings. The van der Waals surface area contributed by atoms with Gasteiger partial charge in [0.25, 0.3) is 0 Å². The molecule has 1 amide bonds. The minimum Gasteiger partial charge on any atom is -0.388 e. The minimum absolute atomic E-state index is 0.108. The van der Waals surface area contributed by atoms with E-state index in [0.717, 1.165) is 18.4 Å². The summed E-state index contributed by atoms with van der Waals surface area (Å²) in [6, 6.07) is 6.23. The van der Waals surface area contributed by atoms with E-state index >= 15 is 0 Å². The highest BCUT2D eigenvalue weighted by atomic mass is 19.1. The third-order valence-electron chi connectivity index (χ3n) is 4.46. The van der Waals surface area contributed by atoms with Crippen molar-refractivity contribution in [1.29, 1.82) is 0 Å². The van der Waals surface area contributed by atoms with Crippen LogP contribution in [0.4, 0.5) is 4.39 Å². The van der Waals surface area contributed by atoms with Crippen molar-refractivity contribution in [3.63, 3.8) is 0 Å². The highest BCUT2D eigenvalue weighted by molar-refractivity contribution is 5.91. The van der Waals surface area contributed by atoms with Gasteiger partial charge in [0.05, 0.1) is 11.0 Å². The first-order chi connectivity index (χ1) is 9.46. The highest BCUT2D eigenvalue weighted by Gasteiger charge is 2.51. The molecule has 1 aromatic rings. The van der Waals surface area contributed by atoms with Crippen LogP contribution in [0.1, 0.15) is 45.1 Å². The van der Waals surface area contributed by atoms with Crippen molar-refractivity contribution in [3.8, 4) is 0 Å². The molecule has 0 bridgehead atoms. The van der Waals surface area contributed by atoms with Crippen molar-refractivity contribution in [2.24, 2.45) is 0 Å². The fourth-order valence-electron chi connectivity index (χ4n) is 2.47. The monoisotopic (exact) mass is 279 g/mol. The molecule has 2 N–H and O–H groups in total. The maximum absolute atomic E-state index is 13.3. The van der Waals surface area contributed by atoms with Crippen LogP contribution < -0.4 is 5.32 Å². The van der Waals surface area contributed by atoms with Gasteiger partial charge in [-0.25, -0.2) is 4.39 Å². The number of rotatable bonds is 6. The van der Waals surface area contributed by atoms with E-state index in [-0.39, 0.29) is 18.3 Å². The molecular weight excluding hydrogens is 257 g/mol. The summed E-state index contributed by atoms with van der Waals surface area (Å²) in [5, 5.41) is 13.0. The molecule has 0 aliphatic heterocycles. The summed E-state index contributed by atoms with van der Waals surface area (Å²) in [6.07, 6.45) is 2.66. The van der Waals surface area contributed by atoms with Gasteiger partial charge in [0.2, 0.25) is 5.91 Å². The SMILES string of the molecule is CCC(O)(CC)CNC(=O)C1(c2cccc(F)c2)CC1.